The number of nitrogens with zero attached hydrogens (tertiary/aromatic N) is 4. The van der Waals surface area contributed by atoms with Gasteiger partial charge in [0.2, 0.25) is 0 Å². The Bertz CT molecular complexity index is 602. The minimum atomic E-state index is 0.200. The van der Waals surface area contributed by atoms with Crippen LogP contribution >= 0.6 is 0 Å². The summed E-state index contributed by atoms with van der Waals surface area (Å²) in [6.07, 6.45) is 5.54. The fraction of sp³-hybridized carbons (Fsp3) is 0.600. The van der Waals surface area contributed by atoms with Gasteiger partial charge in [-0.2, -0.15) is 15.2 Å². The summed E-state index contributed by atoms with van der Waals surface area (Å²) < 4.78 is 5.47. The van der Waals surface area contributed by atoms with Gasteiger partial charge in [-0.05, 0) is 38.8 Å². The molecule has 0 bridgehead atoms. The number of hydrogen-bond donors (Lipinski definition) is 1. The summed E-state index contributed by atoms with van der Waals surface area (Å²) in [5.41, 5.74) is 2.65. The van der Waals surface area contributed by atoms with Crippen molar-refractivity contribution in [3.63, 3.8) is 0 Å². The highest BCUT2D eigenvalue weighted by Crippen LogP contribution is 2.25. The summed E-state index contributed by atoms with van der Waals surface area (Å²) in [5, 5.41) is 16.0. The van der Waals surface area contributed by atoms with Gasteiger partial charge in [-0.3, -0.25) is 0 Å². The van der Waals surface area contributed by atoms with E-state index in [1.165, 1.54) is 19.3 Å². The first-order chi connectivity index (χ1) is 10.3. The maximum Gasteiger partial charge on any atom is 0.259 e. The molecular weight excluding hydrogens is 266 g/mol. The molecule has 0 aliphatic carbocycles. The van der Waals surface area contributed by atoms with Crippen molar-refractivity contribution in [2.24, 2.45) is 0 Å². The van der Waals surface area contributed by atoms with Crippen LogP contribution in [0.5, 0.6) is 0 Å². The molecule has 6 heteroatoms. The van der Waals surface area contributed by atoms with Crippen LogP contribution in [0.1, 0.15) is 55.9 Å². The third kappa shape index (κ3) is 3.10. The van der Waals surface area contributed by atoms with Crippen molar-refractivity contribution in [3.8, 4) is 11.5 Å². The Balaban J connectivity index is 1.89. The van der Waals surface area contributed by atoms with Crippen LogP contribution in [0.2, 0.25) is 0 Å². The van der Waals surface area contributed by atoms with Gasteiger partial charge in [0.05, 0.1) is 23.0 Å². The fourth-order valence-electron chi connectivity index (χ4n) is 2.70. The number of aryl methyl sites for hydroxylation is 2. The standard InChI is InChI=1S/C15H21N5O/c1-3-12-11(9-10(2)18-19-12)15-17-14(20-21-15)13-7-5-4-6-8-16-13/h9,13,16H,3-8H2,1-2H3. The van der Waals surface area contributed by atoms with E-state index < -0.39 is 0 Å². The van der Waals surface area contributed by atoms with Gasteiger partial charge < -0.3 is 9.84 Å². The number of hydrogen-bond acceptors (Lipinski definition) is 6. The lowest BCUT2D eigenvalue weighted by molar-refractivity contribution is 0.402. The van der Waals surface area contributed by atoms with E-state index in [2.05, 4.69) is 25.7 Å². The highest BCUT2D eigenvalue weighted by molar-refractivity contribution is 5.56. The Morgan fingerprint density at radius 3 is 3.05 bits per heavy atom. The van der Waals surface area contributed by atoms with Crippen molar-refractivity contribution in [1.82, 2.24) is 25.7 Å². The van der Waals surface area contributed by atoms with Gasteiger partial charge in [0.25, 0.3) is 5.89 Å². The van der Waals surface area contributed by atoms with Gasteiger partial charge in [0.15, 0.2) is 5.82 Å². The highest BCUT2D eigenvalue weighted by atomic mass is 16.5. The quantitative estimate of drug-likeness (QED) is 0.935. The normalized spacial score (nSPS) is 19.4. The lowest BCUT2D eigenvalue weighted by atomic mass is 10.1. The van der Waals surface area contributed by atoms with Crippen molar-refractivity contribution in [2.45, 2.75) is 52.0 Å². The second-order valence-electron chi connectivity index (χ2n) is 5.51. The lowest BCUT2D eigenvalue weighted by Gasteiger charge is -2.10. The van der Waals surface area contributed by atoms with Crippen LogP contribution in [-0.2, 0) is 6.42 Å². The predicted molar refractivity (Wildman–Crippen MR) is 78.7 cm³/mol. The van der Waals surface area contributed by atoms with E-state index in [4.69, 9.17) is 4.52 Å². The topological polar surface area (TPSA) is 76.7 Å². The smallest absolute Gasteiger partial charge is 0.259 e. The molecule has 1 aliphatic rings. The molecule has 1 fully saturated rings. The molecule has 1 saturated heterocycles. The third-order valence-electron chi connectivity index (χ3n) is 3.87. The molecule has 3 rings (SSSR count). The number of aromatic nitrogens is 4. The van der Waals surface area contributed by atoms with Gasteiger partial charge in [-0.1, -0.05) is 24.9 Å². The molecule has 1 atom stereocenters. The molecule has 0 amide bonds. The van der Waals surface area contributed by atoms with Crippen LogP contribution in [0.4, 0.5) is 0 Å². The minimum absolute atomic E-state index is 0.200. The first-order valence-corrected chi connectivity index (χ1v) is 7.68. The zero-order chi connectivity index (χ0) is 14.7. The number of nitrogens with one attached hydrogen (secondary N) is 1. The van der Waals surface area contributed by atoms with Crippen LogP contribution in [-0.4, -0.2) is 26.9 Å². The van der Waals surface area contributed by atoms with Gasteiger partial charge in [0, 0.05) is 0 Å². The van der Waals surface area contributed by atoms with Crippen molar-refractivity contribution < 1.29 is 4.52 Å². The van der Waals surface area contributed by atoms with Crippen molar-refractivity contribution in [1.29, 1.82) is 0 Å². The molecule has 0 aromatic carbocycles. The molecule has 112 valence electrons. The molecule has 0 radical (unpaired) electrons. The molecule has 1 unspecified atom stereocenters. The Morgan fingerprint density at radius 1 is 1.29 bits per heavy atom. The molecule has 0 spiro atoms. The van der Waals surface area contributed by atoms with E-state index in [0.29, 0.717) is 5.89 Å². The van der Waals surface area contributed by atoms with E-state index in [0.717, 1.165) is 42.2 Å². The van der Waals surface area contributed by atoms with Crippen LogP contribution in [0.25, 0.3) is 11.5 Å². The van der Waals surface area contributed by atoms with Crippen LogP contribution in [0.3, 0.4) is 0 Å². The fourth-order valence-corrected chi connectivity index (χ4v) is 2.70. The molecule has 1 aliphatic heterocycles. The minimum Gasteiger partial charge on any atom is -0.334 e. The maximum atomic E-state index is 5.47. The van der Waals surface area contributed by atoms with E-state index in [-0.39, 0.29) is 6.04 Å². The van der Waals surface area contributed by atoms with E-state index in [1.807, 2.05) is 19.9 Å². The van der Waals surface area contributed by atoms with Crippen LogP contribution < -0.4 is 5.32 Å². The Kier molecular flexibility index (Phi) is 4.24. The summed E-state index contributed by atoms with van der Waals surface area (Å²) >= 11 is 0. The molecular formula is C15H21N5O. The molecule has 21 heavy (non-hydrogen) atoms. The zero-order valence-electron chi connectivity index (χ0n) is 12.6. The van der Waals surface area contributed by atoms with Crippen LogP contribution in [0.15, 0.2) is 10.6 Å². The van der Waals surface area contributed by atoms with Gasteiger partial charge in [-0.15, -0.1) is 0 Å². The van der Waals surface area contributed by atoms with Gasteiger partial charge in [-0.25, -0.2) is 0 Å². The van der Waals surface area contributed by atoms with E-state index >= 15 is 0 Å². The molecule has 2 aromatic rings. The van der Waals surface area contributed by atoms with E-state index in [9.17, 15) is 0 Å². The molecule has 3 heterocycles. The summed E-state index contributed by atoms with van der Waals surface area (Å²) in [4.78, 5) is 4.59. The lowest BCUT2D eigenvalue weighted by Crippen LogP contribution is -2.21. The zero-order valence-corrected chi connectivity index (χ0v) is 12.6. The molecule has 2 aromatic heterocycles. The molecule has 0 saturated carbocycles. The van der Waals surface area contributed by atoms with E-state index in [1.54, 1.807) is 0 Å². The summed E-state index contributed by atoms with van der Waals surface area (Å²) in [6, 6.07) is 2.16. The molecule has 1 N–H and O–H groups in total. The van der Waals surface area contributed by atoms with Crippen LogP contribution in [0, 0.1) is 6.92 Å². The first kappa shape index (κ1) is 14.1. The summed E-state index contributed by atoms with van der Waals surface area (Å²) in [6.45, 7) is 4.98. The van der Waals surface area contributed by atoms with Crippen molar-refractivity contribution in [3.05, 3.63) is 23.3 Å². The van der Waals surface area contributed by atoms with Gasteiger partial charge >= 0.3 is 0 Å². The summed E-state index contributed by atoms with van der Waals surface area (Å²) in [7, 11) is 0. The largest absolute Gasteiger partial charge is 0.334 e. The summed E-state index contributed by atoms with van der Waals surface area (Å²) in [5.74, 6) is 1.30. The second kappa shape index (κ2) is 6.30. The number of rotatable bonds is 3. The van der Waals surface area contributed by atoms with Crippen molar-refractivity contribution in [2.75, 3.05) is 6.54 Å². The third-order valence-corrected chi connectivity index (χ3v) is 3.87. The highest BCUT2D eigenvalue weighted by Gasteiger charge is 2.21. The Morgan fingerprint density at radius 2 is 2.19 bits per heavy atom. The SMILES string of the molecule is CCc1nnc(C)cc1-c1nc(C2CCCCCN2)no1. The maximum absolute atomic E-state index is 5.47. The first-order valence-electron chi connectivity index (χ1n) is 7.68. The van der Waals surface area contributed by atoms with Gasteiger partial charge in [0.1, 0.15) is 0 Å². The van der Waals surface area contributed by atoms with Crippen molar-refractivity contribution >= 4 is 0 Å². The monoisotopic (exact) mass is 287 g/mol. The average Bonchev–Trinajstić information content (AvgIpc) is 2.83. The Labute approximate surface area is 124 Å². The molecule has 6 nitrogen and oxygen atoms in total. The average molecular weight is 287 g/mol. The Hall–Kier alpha value is -1.82. The predicted octanol–water partition coefficient (Wildman–Crippen LogP) is 2.60. The second-order valence-corrected chi connectivity index (χ2v) is 5.51.